The van der Waals surface area contributed by atoms with Crippen molar-refractivity contribution in [3.05, 3.63) is 45.8 Å². The molecule has 0 N–H and O–H groups in total. The lowest BCUT2D eigenvalue weighted by molar-refractivity contribution is -0.384. The lowest BCUT2D eigenvalue weighted by atomic mass is 10.0. The van der Waals surface area contributed by atoms with Gasteiger partial charge in [0.25, 0.3) is 5.69 Å². The first-order chi connectivity index (χ1) is 7.59. The van der Waals surface area contributed by atoms with E-state index in [0.29, 0.717) is 5.76 Å². The minimum absolute atomic E-state index is 0.0792. The second-order valence-corrected chi connectivity index (χ2v) is 3.50. The zero-order chi connectivity index (χ0) is 11.7. The first kappa shape index (κ1) is 10.4. The number of aromatic nitrogens is 1. The summed E-state index contributed by atoms with van der Waals surface area (Å²) in [6.07, 6.45) is 0. The maximum Gasteiger partial charge on any atom is 0.269 e. The van der Waals surface area contributed by atoms with Crippen LogP contribution in [0.2, 0.25) is 0 Å². The molecule has 0 aliphatic carbocycles. The topological polar surface area (TPSA) is 69.2 Å². The quantitative estimate of drug-likeness (QED) is 0.574. The van der Waals surface area contributed by atoms with Gasteiger partial charge < -0.3 is 4.52 Å². The number of nitro groups is 1. The Balaban J connectivity index is 2.46. The van der Waals surface area contributed by atoms with Crippen molar-refractivity contribution in [3.63, 3.8) is 0 Å². The molecule has 0 radical (unpaired) electrons. The summed E-state index contributed by atoms with van der Waals surface area (Å²) < 4.78 is 5.04. The van der Waals surface area contributed by atoms with Crippen LogP contribution < -0.4 is 0 Å². The van der Waals surface area contributed by atoms with Gasteiger partial charge in [0.15, 0.2) is 0 Å². The fourth-order valence-corrected chi connectivity index (χ4v) is 1.64. The lowest BCUT2D eigenvalue weighted by Crippen LogP contribution is -1.88. The summed E-state index contributed by atoms with van der Waals surface area (Å²) in [6, 6.07) is 6.35. The molecule has 0 amide bonds. The molecule has 1 aromatic carbocycles. The SMILES string of the molecule is Cc1noc(C)c1-c1ccc([N+](=O)[O-])cc1. The number of non-ortho nitro benzene ring substituents is 1. The van der Waals surface area contributed by atoms with Crippen LogP contribution in [0.5, 0.6) is 0 Å². The van der Waals surface area contributed by atoms with Gasteiger partial charge >= 0.3 is 0 Å². The molecular weight excluding hydrogens is 208 g/mol. The first-order valence-corrected chi connectivity index (χ1v) is 4.77. The Hall–Kier alpha value is -2.17. The summed E-state index contributed by atoms with van der Waals surface area (Å²) in [4.78, 5) is 10.1. The molecule has 5 heteroatoms. The minimum Gasteiger partial charge on any atom is -0.361 e. The number of aryl methyl sites for hydroxylation is 2. The smallest absolute Gasteiger partial charge is 0.269 e. The van der Waals surface area contributed by atoms with E-state index >= 15 is 0 Å². The fourth-order valence-electron chi connectivity index (χ4n) is 1.64. The van der Waals surface area contributed by atoms with Crippen molar-refractivity contribution in [1.82, 2.24) is 5.16 Å². The van der Waals surface area contributed by atoms with Gasteiger partial charge in [0.2, 0.25) is 0 Å². The highest BCUT2D eigenvalue weighted by atomic mass is 16.6. The van der Waals surface area contributed by atoms with E-state index in [1.165, 1.54) is 12.1 Å². The number of rotatable bonds is 2. The van der Waals surface area contributed by atoms with E-state index < -0.39 is 4.92 Å². The molecule has 1 aromatic heterocycles. The third-order valence-electron chi connectivity index (χ3n) is 2.40. The van der Waals surface area contributed by atoms with Gasteiger partial charge in [-0.15, -0.1) is 0 Å². The Bertz CT molecular complexity index is 509. The third kappa shape index (κ3) is 1.67. The zero-order valence-electron chi connectivity index (χ0n) is 8.93. The van der Waals surface area contributed by atoms with Crippen LogP contribution in [0.1, 0.15) is 11.5 Å². The molecule has 82 valence electrons. The molecule has 0 fully saturated rings. The van der Waals surface area contributed by atoms with Crippen molar-refractivity contribution < 1.29 is 9.45 Å². The molecule has 1 heterocycles. The number of hydrogen-bond acceptors (Lipinski definition) is 4. The van der Waals surface area contributed by atoms with Crippen LogP contribution in [0.15, 0.2) is 28.8 Å². The van der Waals surface area contributed by atoms with Gasteiger partial charge in [0.05, 0.1) is 10.6 Å². The Morgan fingerprint density at radius 1 is 1.25 bits per heavy atom. The van der Waals surface area contributed by atoms with E-state index in [2.05, 4.69) is 5.16 Å². The summed E-state index contributed by atoms with van der Waals surface area (Å²) >= 11 is 0. The highest BCUT2D eigenvalue weighted by Gasteiger charge is 2.12. The van der Waals surface area contributed by atoms with E-state index in [1.807, 2.05) is 13.8 Å². The van der Waals surface area contributed by atoms with E-state index in [1.54, 1.807) is 12.1 Å². The molecule has 2 aromatic rings. The normalized spacial score (nSPS) is 10.4. The Morgan fingerprint density at radius 3 is 2.31 bits per heavy atom. The van der Waals surface area contributed by atoms with Gasteiger partial charge in [0, 0.05) is 17.7 Å². The molecule has 0 unspecified atom stereocenters. The molecule has 0 aliphatic heterocycles. The van der Waals surface area contributed by atoms with Gasteiger partial charge in [0.1, 0.15) is 5.76 Å². The lowest BCUT2D eigenvalue weighted by Gasteiger charge is -1.99. The van der Waals surface area contributed by atoms with E-state index in [4.69, 9.17) is 4.52 Å². The molecule has 0 atom stereocenters. The van der Waals surface area contributed by atoms with Crippen LogP contribution in [-0.4, -0.2) is 10.1 Å². The molecule has 0 spiro atoms. The van der Waals surface area contributed by atoms with Gasteiger partial charge in [-0.1, -0.05) is 5.16 Å². The Morgan fingerprint density at radius 2 is 1.88 bits per heavy atom. The number of nitrogens with zero attached hydrogens (tertiary/aromatic N) is 2. The van der Waals surface area contributed by atoms with Gasteiger partial charge in [-0.25, -0.2) is 0 Å². The predicted molar refractivity (Wildman–Crippen MR) is 58.1 cm³/mol. The van der Waals surface area contributed by atoms with Crippen LogP contribution in [0, 0.1) is 24.0 Å². The number of nitro benzene ring substituents is 1. The molecule has 0 bridgehead atoms. The van der Waals surface area contributed by atoms with Crippen LogP contribution in [0.3, 0.4) is 0 Å². The number of benzene rings is 1. The highest BCUT2D eigenvalue weighted by molar-refractivity contribution is 5.68. The molecular formula is C11H10N2O3. The van der Waals surface area contributed by atoms with Crippen molar-refractivity contribution in [1.29, 1.82) is 0 Å². The molecule has 16 heavy (non-hydrogen) atoms. The molecule has 0 saturated heterocycles. The van der Waals surface area contributed by atoms with Gasteiger partial charge in [-0.3, -0.25) is 10.1 Å². The fraction of sp³-hybridized carbons (Fsp3) is 0.182. The maximum absolute atomic E-state index is 10.5. The second kappa shape index (κ2) is 3.77. The Kier molecular flexibility index (Phi) is 2.44. The average Bonchev–Trinajstić information content (AvgIpc) is 2.59. The summed E-state index contributed by atoms with van der Waals surface area (Å²) in [6.45, 7) is 3.66. The van der Waals surface area contributed by atoms with Crippen molar-refractivity contribution >= 4 is 5.69 Å². The monoisotopic (exact) mass is 218 g/mol. The van der Waals surface area contributed by atoms with Gasteiger partial charge in [-0.2, -0.15) is 0 Å². The standard InChI is InChI=1S/C11H10N2O3/c1-7-11(8(2)16-12-7)9-3-5-10(6-4-9)13(14)15/h3-6H,1-2H3. The van der Waals surface area contributed by atoms with Crippen molar-refractivity contribution in [2.45, 2.75) is 13.8 Å². The van der Waals surface area contributed by atoms with Crippen LogP contribution in [0.4, 0.5) is 5.69 Å². The highest BCUT2D eigenvalue weighted by Crippen LogP contribution is 2.27. The summed E-state index contributed by atoms with van der Waals surface area (Å²) in [7, 11) is 0. The van der Waals surface area contributed by atoms with Crippen LogP contribution in [0.25, 0.3) is 11.1 Å². The van der Waals surface area contributed by atoms with E-state index in [-0.39, 0.29) is 5.69 Å². The number of hydrogen-bond donors (Lipinski definition) is 0. The van der Waals surface area contributed by atoms with Crippen molar-refractivity contribution in [2.75, 3.05) is 0 Å². The van der Waals surface area contributed by atoms with E-state index in [0.717, 1.165) is 16.8 Å². The summed E-state index contributed by atoms with van der Waals surface area (Å²) in [5.74, 6) is 0.714. The summed E-state index contributed by atoms with van der Waals surface area (Å²) in [5.41, 5.74) is 2.64. The molecule has 0 saturated carbocycles. The van der Waals surface area contributed by atoms with Crippen LogP contribution in [-0.2, 0) is 0 Å². The molecule has 5 nitrogen and oxygen atoms in total. The van der Waals surface area contributed by atoms with Crippen LogP contribution >= 0.6 is 0 Å². The third-order valence-corrected chi connectivity index (χ3v) is 2.40. The van der Waals surface area contributed by atoms with E-state index in [9.17, 15) is 10.1 Å². The second-order valence-electron chi connectivity index (χ2n) is 3.50. The maximum atomic E-state index is 10.5. The van der Waals surface area contributed by atoms with Crippen molar-refractivity contribution in [2.24, 2.45) is 0 Å². The predicted octanol–water partition coefficient (Wildman–Crippen LogP) is 2.87. The zero-order valence-corrected chi connectivity index (χ0v) is 8.93. The van der Waals surface area contributed by atoms with Crippen molar-refractivity contribution in [3.8, 4) is 11.1 Å². The minimum atomic E-state index is -0.420. The summed E-state index contributed by atoms with van der Waals surface area (Å²) in [5, 5.41) is 14.3. The average molecular weight is 218 g/mol. The van der Waals surface area contributed by atoms with Gasteiger partial charge in [-0.05, 0) is 31.5 Å². The molecule has 2 rings (SSSR count). The molecule has 0 aliphatic rings. The largest absolute Gasteiger partial charge is 0.361 e. The Labute approximate surface area is 91.8 Å². The first-order valence-electron chi connectivity index (χ1n) is 4.77.